The van der Waals surface area contributed by atoms with Crippen molar-refractivity contribution >= 4 is 84.8 Å². The maximum Gasteiger partial charge on any atom is 0.179 e. The summed E-state index contributed by atoms with van der Waals surface area (Å²) in [6.07, 6.45) is 0. The molecule has 64 heavy (non-hydrogen) atoms. The Bertz CT molecular complexity index is 3150. The predicted molar refractivity (Wildman–Crippen MR) is 274 cm³/mol. The van der Waals surface area contributed by atoms with Crippen LogP contribution < -0.4 is 30.5 Å². The molecule has 11 aromatic rings. The van der Waals surface area contributed by atoms with E-state index in [0.717, 1.165) is 39.8 Å². The SMILES string of the molecule is c1ccc(N(c2ccccc2)c2ccc(N(c3ccccc3)c3ccc4c(c3)c3cc([Si](c5ccccc5)(c5ccccc5)c5ccccc5)ccc3n4-c3ccccc3)cc2)cc1. The molecule has 0 aliphatic rings. The van der Waals surface area contributed by atoms with Gasteiger partial charge in [0.2, 0.25) is 0 Å². The van der Waals surface area contributed by atoms with Crippen molar-refractivity contribution in [2.75, 3.05) is 9.80 Å². The fourth-order valence-electron chi connectivity index (χ4n) is 9.68. The van der Waals surface area contributed by atoms with Crippen LogP contribution in [0.1, 0.15) is 0 Å². The number of anilines is 6. The molecule has 0 bridgehead atoms. The lowest BCUT2D eigenvalue weighted by atomic mass is 10.1. The minimum absolute atomic E-state index is 1.08. The topological polar surface area (TPSA) is 11.4 Å². The molecule has 10 aromatic carbocycles. The zero-order chi connectivity index (χ0) is 42.7. The summed E-state index contributed by atoms with van der Waals surface area (Å²) >= 11 is 0. The highest BCUT2D eigenvalue weighted by Crippen LogP contribution is 2.41. The van der Waals surface area contributed by atoms with Crippen LogP contribution in [0.25, 0.3) is 27.5 Å². The Labute approximate surface area is 376 Å². The zero-order valence-corrected chi connectivity index (χ0v) is 36.3. The first kappa shape index (κ1) is 38.7. The Morgan fingerprint density at radius 3 is 0.984 bits per heavy atom. The van der Waals surface area contributed by atoms with Crippen molar-refractivity contribution < 1.29 is 0 Å². The summed E-state index contributed by atoms with van der Waals surface area (Å²) in [6.45, 7) is 0. The van der Waals surface area contributed by atoms with Crippen LogP contribution in [0.3, 0.4) is 0 Å². The average molecular weight is 836 g/mol. The molecule has 1 heterocycles. The van der Waals surface area contributed by atoms with Gasteiger partial charge in [0.25, 0.3) is 0 Å². The van der Waals surface area contributed by atoms with E-state index in [1.165, 1.54) is 42.6 Å². The van der Waals surface area contributed by atoms with E-state index in [2.05, 4.69) is 287 Å². The second-order valence-electron chi connectivity index (χ2n) is 16.1. The van der Waals surface area contributed by atoms with Gasteiger partial charge in [-0.1, -0.05) is 176 Å². The molecule has 0 atom stereocenters. The average Bonchev–Trinajstić information content (AvgIpc) is 3.70. The van der Waals surface area contributed by atoms with Gasteiger partial charge in [-0.3, -0.25) is 0 Å². The largest absolute Gasteiger partial charge is 0.311 e. The van der Waals surface area contributed by atoms with Crippen LogP contribution in [0.4, 0.5) is 34.1 Å². The van der Waals surface area contributed by atoms with Crippen molar-refractivity contribution in [3.8, 4) is 5.69 Å². The lowest BCUT2D eigenvalue weighted by molar-refractivity contribution is 1.18. The molecule has 0 unspecified atom stereocenters. The van der Waals surface area contributed by atoms with Crippen LogP contribution in [0, 0.1) is 0 Å². The van der Waals surface area contributed by atoms with Crippen LogP contribution in [-0.4, -0.2) is 12.6 Å². The van der Waals surface area contributed by atoms with Gasteiger partial charge in [-0.05, 0) is 118 Å². The normalized spacial score (nSPS) is 11.4. The highest BCUT2D eigenvalue weighted by atomic mass is 28.3. The molecule has 3 nitrogen and oxygen atoms in total. The van der Waals surface area contributed by atoms with E-state index in [4.69, 9.17) is 0 Å². The van der Waals surface area contributed by atoms with Gasteiger partial charge in [0.1, 0.15) is 0 Å². The van der Waals surface area contributed by atoms with Gasteiger partial charge >= 0.3 is 0 Å². The lowest BCUT2D eigenvalue weighted by Crippen LogP contribution is -2.74. The van der Waals surface area contributed by atoms with E-state index >= 15 is 0 Å². The molecular weight excluding hydrogens is 791 g/mol. The van der Waals surface area contributed by atoms with Crippen molar-refractivity contribution in [1.82, 2.24) is 4.57 Å². The Kier molecular flexibility index (Phi) is 10.2. The van der Waals surface area contributed by atoms with Gasteiger partial charge < -0.3 is 14.4 Å². The Balaban J connectivity index is 1.13. The van der Waals surface area contributed by atoms with Crippen molar-refractivity contribution in [2.45, 2.75) is 0 Å². The van der Waals surface area contributed by atoms with Crippen LogP contribution >= 0.6 is 0 Å². The van der Waals surface area contributed by atoms with E-state index < -0.39 is 8.07 Å². The highest BCUT2D eigenvalue weighted by Gasteiger charge is 2.41. The van der Waals surface area contributed by atoms with Crippen LogP contribution in [0.5, 0.6) is 0 Å². The molecule has 1 aromatic heterocycles. The van der Waals surface area contributed by atoms with Gasteiger partial charge in [0.15, 0.2) is 8.07 Å². The molecule has 0 N–H and O–H groups in total. The Morgan fingerprint density at radius 2 is 0.562 bits per heavy atom. The molecular formula is C60H45N3Si. The first-order valence-corrected chi connectivity index (χ1v) is 23.9. The van der Waals surface area contributed by atoms with Gasteiger partial charge in [-0.2, -0.15) is 0 Å². The standard InChI is InChI=1S/C60H45N3Si/c1-8-22-46(23-9-1)61(47-24-10-2-11-25-47)50-36-38-51(39-37-50)62(48-26-12-3-13-27-48)52-40-42-59-57(44-52)58-45-56(41-43-60(58)63(59)49-28-14-4-15-29-49)64(53-30-16-5-17-31-53,54-32-18-6-19-33-54)55-34-20-7-21-35-55/h1-45H. The van der Waals surface area contributed by atoms with Crippen molar-refractivity contribution in [3.05, 3.63) is 273 Å². The second-order valence-corrected chi connectivity index (χ2v) is 20.0. The van der Waals surface area contributed by atoms with E-state index in [1.54, 1.807) is 0 Å². The third kappa shape index (κ3) is 6.87. The van der Waals surface area contributed by atoms with Crippen molar-refractivity contribution in [1.29, 1.82) is 0 Å². The first-order chi connectivity index (χ1) is 31.8. The van der Waals surface area contributed by atoms with E-state index in [0.29, 0.717) is 0 Å². The van der Waals surface area contributed by atoms with Crippen LogP contribution in [-0.2, 0) is 0 Å². The quantitative estimate of drug-likeness (QED) is 0.0950. The number of hydrogen-bond acceptors (Lipinski definition) is 2. The Morgan fingerprint density at radius 1 is 0.250 bits per heavy atom. The maximum atomic E-state index is 2.52. The summed E-state index contributed by atoms with van der Waals surface area (Å²) in [7, 11) is -2.80. The van der Waals surface area contributed by atoms with E-state index in [-0.39, 0.29) is 0 Å². The number of hydrogen-bond donors (Lipinski definition) is 0. The molecule has 304 valence electrons. The molecule has 0 radical (unpaired) electrons. The molecule has 0 saturated carbocycles. The second kappa shape index (κ2) is 16.9. The summed E-state index contributed by atoms with van der Waals surface area (Å²) in [6, 6.07) is 99.5. The zero-order valence-electron chi connectivity index (χ0n) is 35.3. The summed E-state index contributed by atoms with van der Waals surface area (Å²) in [4.78, 5) is 4.69. The summed E-state index contributed by atoms with van der Waals surface area (Å²) in [5.41, 5.74) is 10.0. The van der Waals surface area contributed by atoms with E-state index in [1.807, 2.05) is 0 Å². The lowest BCUT2D eigenvalue weighted by Gasteiger charge is -2.34. The third-order valence-electron chi connectivity index (χ3n) is 12.5. The van der Waals surface area contributed by atoms with Crippen LogP contribution in [0.15, 0.2) is 273 Å². The molecule has 4 heteroatoms. The number of rotatable bonds is 11. The van der Waals surface area contributed by atoms with Gasteiger partial charge in [0, 0.05) is 50.6 Å². The summed E-state index contributed by atoms with van der Waals surface area (Å²) < 4.78 is 2.43. The number of nitrogens with zero attached hydrogens (tertiary/aromatic N) is 3. The predicted octanol–water partition coefficient (Wildman–Crippen LogP) is 13.1. The monoisotopic (exact) mass is 835 g/mol. The highest BCUT2D eigenvalue weighted by molar-refractivity contribution is 7.20. The van der Waals surface area contributed by atoms with Gasteiger partial charge in [-0.15, -0.1) is 0 Å². The van der Waals surface area contributed by atoms with Crippen LogP contribution in [0.2, 0.25) is 0 Å². The number of aromatic nitrogens is 1. The molecule has 0 amide bonds. The fourth-order valence-corrected chi connectivity index (χ4v) is 14.5. The molecule has 0 aliphatic heterocycles. The molecule has 0 fully saturated rings. The number of benzene rings is 10. The van der Waals surface area contributed by atoms with E-state index in [9.17, 15) is 0 Å². The Hall–Kier alpha value is -8.18. The molecule has 11 rings (SSSR count). The maximum absolute atomic E-state index is 2.80. The minimum atomic E-state index is -2.80. The smallest absolute Gasteiger partial charge is 0.179 e. The number of fused-ring (bicyclic) bond motifs is 3. The fraction of sp³-hybridized carbons (Fsp3) is 0. The number of para-hydroxylation sites is 4. The summed E-state index contributed by atoms with van der Waals surface area (Å²) in [5, 5.41) is 7.84. The first-order valence-electron chi connectivity index (χ1n) is 21.9. The summed E-state index contributed by atoms with van der Waals surface area (Å²) in [5.74, 6) is 0. The van der Waals surface area contributed by atoms with Crippen molar-refractivity contribution in [2.24, 2.45) is 0 Å². The molecule has 0 aliphatic carbocycles. The van der Waals surface area contributed by atoms with Gasteiger partial charge in [-0.25, -0.2) is 0 Å². The van der Waals surface area contributed by atoms with Crippen molar-refractivity contribution in [3.63, 3.8) is 0 Å². The molecule has 0 spiro atoms. The third-order valence-corrected chi connectivity index (χ3v) is 17.3. The van der Waals surface area contributed by atoms with Gasteiger partial charge in [0.05, 0.1) is 11.0 Å². The molecule has 0 saturated heterocycles. The minimum Gasteiger partial charge on any atom is -0.311 e.